The van der Waals surface area contributed by atoms with Crippen molar-refractivity contribution in [2.24, 2.45) is 0 Å². The van der Waals surface area contributed by atoms with Gasteiger partial charge >= 0.3 is 0 Å². The summed E-state index contributed by atoms with van der Waals surface area (Å²) in [5.41, 5.74) is 4.19. The topological polar surface area (TPSA) is 63.3 Å². The Hall–Kier alpha value is -2.38. The van der Waals surface area contributed by atoms with Crippen LogP contribution in [0.2, 0.25) is 0 Å². The van der Waals surface area contributed by atoms with Crippen molar-refractivity contribution < 1.29 is 9.47 Å². The SMILES string of the molecule is CCN1CCC(c2cnc(-c3n[nH]c(-c4ccc(OC)c(OC)c4)c3C(C)C)s2)CC1. The first-order chi connectivity index (χ1) is 15.0. The van der Waals surface area contributed by atoms with E-state index in [0.29, 0.717) is 17.6 Å². The molecule has 0 amide bonds. The lowest BCUT2D eigenvalue weighted by Crippen LogP contribution is -2.32. The van der Waals surface area contributed by atoms with Crippen molar-refractivity contribution in [1.82, 2.24) is 20.1 Å². The van der Waals surface area contributed by atoms with E-state index >= 15 is 0 Å². The van der Waals surface area contributed by atoms with Crippen LogP contribution < -0.4 is 9.47 Å². The fraction of sp³-hybridized carbons (Fsp3) is 0.500. The molecule has 0 unspecified atom stereocenters. The first-order valence-corrected chi connectivity index (χ1v) is 11.9. The summed E-state index contributed by atoms with van der Waals surface area (Å²) in [5.74, 6) is 2.34. The number of nitrogens with zero attached hydrogens (tertiary/aromatic N) is 3. The van der Waals surface area contributed by atoms with Crippen LogP contribution in [0.5, 0.6) is 11.5 Å². The van der Waals surface area contributed by atoms with E-state index in [2.05, 4.69) is 37.0 Å². The highest BCUT2D eigenvalue weighted by Crippen LogP contribution is 2.41. The van der Waals surface area contributed by atoms with Crippen LogP contribution in [-0.2, 0) is 0 Å². The minimum atomic E-state index is 0.303. The Morgan fingerprint density at radius 1 is 1.16 bits per heavy atom. The predicted molar refractivity (Wildman–Crippen MR) is 126 cm³/mol. The molecule has 2 aromatic heterocycles. The molecule has 3 aromatic rings. The van der Waals surface area contributed by atoms with Crippen LogP contribution in [0.15, 0.2) is 24.4 Å². The molecular formula is C24H32N4O2S. The van der Waals surface area contributed by atoms with Gasteiger partial charge in [0.25, 0.3) is 0 Å². The highest BCUT2D eigenvalue weighted by atomic mass is 32.1. The number of rotatable bonds is 7. The van der Waals surface area contributed by atoms with E-state index in [1.165, 1.54) is 36.4 Å². The van der Waals surface area contributed by atoms with Crippen LogP contribution >= 0.6 is 11.3 Å². The minimum absolute atomic E-state index is 0.303. The van der Waals surface area contributed by atoms with Gasteiger partial charge in [0.2, 0.25) is 0 Å². The summed E-state index contributed by atoms with van der Waals surface area (Å²) in [6.45, 7) is 10.1. The molecule has 0 aliphatic carbocycles. The summed E-state index contributed by atoms with van der Waals surface area (Å²) >= 11 is 1.80. The van der Waals surface area contributed by atoms with E-state index in [4.69, 9.17) is 19.6 Å². The first kappa shape index (κ1) is 21.8. The number of hydrogen-bond donors (Lipinski definition) is 1. The Morgan fingerprint density at radius 2 is 1.90 bits per heavy atom. The molecule has 0 atom stereocenters. The zero-order chi connectivity index (χ0) is 22.0. The van der Waals surface area contributed by atoms with Crippen LogP contribution in [-0.4, -0.2) is 53.9 Å². The van der Waals surface area contributed by atoms with Crippen LogP contribution in [0.3, 0.4) is 0 Å². The molecule has 3 heterocycles. The average molecular weight is 441 g/mol. The second-order valence-electron chi connectivity index (χ2n) is 8.36. The lowest BCUT2D eigenvalue weighted by Gasteiger charge is -2.30. The van der Waals surface area contributed by atoms with Gasteiger partial charge in [-0.25, -0.2) is 4.98 Å². The molecule has 1 aromatic carbocycles. The summed E-state index contributed by atoms with van der Waals surface area (Å²) in [7, 11) is 3.31. The van der Waals surface area contributed by atoms with Gasteiger partial charge in [0, 0.05) is 22.2 Å². The lowest BCUT2D eigenvalue weighted by atomic mass is 9.96. The Morgan fingerprint density at radius 3 is 2.55 bits per heavy atom. The van der Waals surface area contributed by atoms with Gasteiger partial charge in [0.05, 0.1) is 19.9 Å². The van der Waals surface area contributed by atoms with E-state index < -0.39 is 0 Å². The van der Waals surface area contributed by atoms with Gasteiger partial charge in [-0.05, 0) is 62.5 Å². The Balaban J connectivity index is 1.65. The van der Waals surface area contributed by atoms with Crippen molar-refractivity contribution >= 4 is 11.3 Å². The molecule has 166 valence electrons. The third-order valence-corrected chi connectivity index (χ3v) is 7.38. The lowest BCUT2D eigenvalue weighted by molar-refractivity contribution is 0.223. The molecule has 0 radical (unpaired) electrons. The standard InChI is InChI=1S/C24H32N4O2S/c1-6-28-11-9-16(10-12-28)20-14-25-24(31-20)23-21(15(2)3)22(26-27-23)17-7-8-18(29-4)19(13-17)30-5/h7-8,13-16H,6,9-12H2,1-5H3,(H,26,27). The predicted octanol–water partition coefficient (Wildman–Crippen LogP) is 5.54. The number of likely N-dealkylation sites (tertiary alicyclic amines) is 1. The number of aromatic nitrogens is 3. The molecule has 1 N–H and O–H groups in total. The Labute approximate surface area is 188 Å². The number of H-pyrrole nitrogens is 1. The molecule has 0 bridgehead atoms. The maximum atomic E-state index is 5.50. The highest BCUT2D eigenvalue weighted by molar-refractivity contribution is 7.15. The number of aromatic amines is 1. The highest BCUT2D eigenvalue weighted by Gasteiger charge is 2.25. The van der Waals surface area contributed by atoms with Crippen molar-refractivity contribution in [3.8, 4) is 33.5 Å². The van der Waals surface area contributed by atoms with Crippen molar-refractivity contribution in [3.63, 3.8) is 0 Å². The van der Waals surface area contributed by atoms with Crippen molar-refractivity contribution in [2.75, 3.05) is 33.9 Å². The van der Waals surface area contributed by atoms with Gasteiger partial charge in [-0.2, -0.15) is 5.10 Å². The van der Waals surface area contributed by atoms with Gasteiger partial charge in [0.1, 0.15) is 10.7 Å². The van der Waals surface area contributed by atoms with Gasteiger partial charge in [-0.15, -0.1) is 11.3 Å². The second kappa shape index (κ2) is 9.40. The summed E-state index contributed by atoms with van der Waals surface area (Å²) in [6.07, 6.45) is 4.50. The maximum Gasteiger partial charge on any atom is 0.161 e. The Bertz CT molecular complexity index is 1020. The number of nitrogens with one attached hydrogen (secondary N) is 1. The fourth-order valence-electron chi connectivity index (χ4n) is 4.41. The van der Waals surface area contributed by atoms with Crippen LogP contribution in [0, 0.1) is 0 Å². The Kier molecular flexibility index (Phi) is 6.62. The van der Waals surface area contributed by atoms with Gasteiger partial charge in [0.15, 0.2) is 11.5 Å². The largest absolute Gasteiger partial charge is 0.493 e. The fourth-order valence-corrected chi connectivity index (χ4v) is 5.49. The number of piperidine rings is 1. The number of ether oxygens (including phenoxy) is 2. The summed E-state index contributed by atoms with van der Waals surface area (Å²) in [4.78, 5) is 8.70. The number of benzene rings is 1. The van der Waals surface area contributed by atoms with Crippen LogP contribution in [0.25, 0.3) is 22.0 Å². The second-order valence-corrected chi connectivity index (χ2v) is 9.42. The van der Waals surface area contributed by atoms with Crippen molar-refractivity contribution in [2.45, 2.75) is 45.4 Å². The summed E-state index contributed by atoms with van der Waals surface area (Å²) < 4.78 is 10.9. The normalized spacial score (nSPS) is 15.5. The number of thiazole rings is 1. The molecule has 1 saturated heterocycles. The maximum absolute atomic E-state index is 5.50. The zero-order valence-corrected chi connectivity index (χ0v) is 19.9. The molecule has 0 spiro atoms. The van der Waals surface area contributed by atoms with E-state index in [9.17, 15) is 0 Å². The van der Waals surface area contributed by atoms with Gasteiger partial charge < -0.3 is 14.4 Å². The third kappa shape index (κ3) is 4.34. The van der Waals surface area contributed by atoms with Crippen molar-refractivity contribution in [1.29, 1.82) is 0 Å². The summed E-state index contributed by atoms with van der Waals surface area (Å²) in [5, 5.41) is 8.98. The minimum Gasteiger partial charge on any atom is -0.493 e. The molecule has 4 rings (SSSR count). The quantitative estimate of drug-likeness (QED) is 0.523. The average Bonchev–Trinajstić information content (AvgIpc) is 3.46. The van der Waals surface area contributed by atoms with E-state index in [1.54, 1.807) is 25.6 Å². The smallest absolute Gasteiger partial charge is 0.161 e. The zero-order valence-electron chi connectivity index (χ0n) is 19.1. The molecule has 31 heavy (non-hydrogen) atoms. The van der Waals surface area contributed by atoms with E-state index in [0.717, 1.165) is 34.3 Å². The molecular weight excluding hydrogens is 408 g/mol. The molecule has 7 heteroatoms. The number of hydrogen-bond acceptors (Lipinski definition) is 6. The molecule has 0 saturated carbocycles. The van der Waals surface area contributed by atoms with E-state index in [1.807, 2.05) is 18.2 Å². The molecule has 6 nitrogen and oxygen atoms in total. The molecule has 1 aliphatic heterocycles. The summed E-state index contributed by atoms with van der Waals surface area (Å²) in [6, 6.07) is 5.97. The van der Waals surface area contributed by atoms with Gasteiger partial charge in [-0.1, -0.05) is 20.8 Å². The van der Waals surface area contributed by atoms with Crippen molar-refractivity contribution in [3.05, 3.63) is 34.8 Å². The van der Waals surface area contributed by atoms with Crippen LogP contribution in [0.4, 0.5) is 0 Å². The third-order valence-electron chi connectivity index (χ3n) is 6.22. The monoisotopic (exact) mass is 440 g/mol. The van der Waals surface area contributed by atoms with Gasteiger partial charge in [-0.3, -0.25) is 5.10 Å². The van der Waals surface area contributed by atoms with Crippen LogP contribution in [0.1, 0.15) is 55.9 Å². The van der Waals surface area contributed by atoms with E-state index in [-0.39, 0.29) is 0 Å². The first-order valence-electron chi connectivity index (χ1n) is 11.0. The molecule has 1 aliphatic rings. The number of methoxy groups -OCH3 is 2. The molecule has 1 fully saturated rings.